The number of amides is 2. The third kappa shape index (κ3) is 4.43. The van der Waals surface area contributed by atoms with Crippen molar-refractivity contribution in [3.05, 3.63) is 88.1 Å². The van der Waals surface area contributed by atoms with Gasteiger partial charge < -0.3 is 4.57 Å². The molecule has 0 unspecified atom stereocenters. The van der Waals surface area contributed by atoms with E-state index in [1.165, 1.54) is 10.5 Å². The van der Waals surface area contributed by atoms with E-state index in [2.05, 4.69) is 29.7 Å². The molecule has 0 saturated carbocycles. The quantitative estimate of drug-likeness (QED) is 0.541. The molecule has 0 bridgehead atoms. The Balaban J connectivity index is 0.000000858. The monoisotopic (exact) mass is 432 g/mol. The Morgan fingerprint density at radius 1 is 0.903 bits per heavy atom. The highest BCUT2D eigenvalue weighted by atomic mass is 32.2. The Bertz CT molecular complexity index is 1210. The van der Waals surface area contributed by atoms with E-state index in [0.29, 0.717) is 10.6 Å². The molecule has 1 aliphatic rings. The second kappa shape index (κ2) is 9.43. The zero-order valence-corrected chi connectivity index (χ0v) is 18.1. The molecule has 0 spiro atoms. The van der Waals surface area contributed by atoms with Crippen molar-refractivity contribution >= 4 is 40.8 Å². The van der Waals surface area contributed by atoms with E-state index in [4.69, 9.17) is 9.59 Å². The second-order valence-electron chi connectivity index (χ2n) is 6.88. The van der Waals surface area contributed by atoms with Gasteiger partial charge in [-0.15, -0.1) is 0 Å². The van der Waals surface area contributed by atoms with E-state index in [1.807, 2.05) is 50.3 Å². The second-order valence-corrected chi connectivity index (χ2v) is 7.88. The summed E-state index contributed by atoms with van der Waals surface area (Å²) in [5, 5.41) is -0.268. The minimum Gasteiger partial charge on any atom is -0.318 e. The maximum Gasteiger partial charge on any atom is 0.373 e. The molecule has 0 aliphatic carbocycles. The SMILES string of the molecule is Cc1ccccc1-n1c(C)cc(C=C2SC(=O)N(c3ccccc3)C2=O)c1C.O=C=O. The highest BCUT2D eigenvalue weighted by Crippen LogP contribution is 2.36. The number of carbonyl (C=O) groups excluding carboxylic acids is 4. The number of rotatable bonds is 3. The van der Waals surface area contributed by atoms with Crippen LogP contribution in [0.5, 0.6) is 0 Å². The van der Waals surface area contributed by atoms with Gasteiger partial charge in [0, 0.05) is 17.1 Å². The fourth-order valence-corrected chi connectivity index (χ4v) is 4.36. The Labute approximate surface area is 184 Å². The molecule has 3 aromatic rings. The summed E-state index contributed by atoms with van der Waals surface area (Å²) in [5.41, 5.74) is 5.96. The molecule has 4 rings (SSSR count). The van der Waals surface area contributed by atoms with Crippen LogP contribution in [0.1, 0.15) is 22.5 Å². The molecule has 0 radical (unpaired) electrons. The number of thioether (sulfide) groups is 1. The molecule has 1 fully saturated rings. The van der Waals surface area contributed by atoms with Crippen molar-refractivity contribution in [3.8, 4) is 5.69 Å². The van der Waals surface area contributed by atoms with E-state index >= 15 is 0 Å². The van der Waals surface area contributed by atoms with Gasteiger partial charge in [-0.3, -0.25) is 9.59 Å². The lowest BCUT2D eigenvalue weighted by Crippen LogP contribution is -2.27. The minimum absolute atomic E-state index is 0.250. The molecule has 2 heterocycles. The van der Waals surface area contributed by atoms with E-state index in [9.17, 15) is 9.59 Å². The van der Waals surface area contributed by atoms with Gasteiger partial charge in [-0.25, -0.2) is 4.90 Å². The number of imide groups is 1. The van der Waals surface area contributed by atoms with E-state index < -0.39 is 0 Å². The van der Waals surface area contributed by atoms with Crippen LogP contribution in [0.3, 0.4) is 0 Å². The third-order valence-electron chi connectivity index (χ3n) is 4.92. The minimum atomic E-state index is -0.276. The zero-order valence-electron chi connectivity index (χ0n) is 17.3. The number of anilines is 1. The zero-order chi connectivity index (χ0) is 22.5. The molecule has 1 aromatic heterocycles. The van der Waals surface area contributed by atoms with Crippen LogP contribution in [-0.4, -0.2) is 21.9 Å². The Hall–Kier alpha value is -3.67. The molecule has 0 N–H and O–H groups in total. The Morgan fingerprint density at radius 3 is 2.16 bits per heavy atom. The smallest absolute Gasteiger partial charge is 0.318 e. The predicted molar refractivity (Wildman–Crippen MR) is 120 cm³/mol. The molecule has 2 amide bonds. The molecule has 0 atom stereocenters. The maximum atomic E-state index is 12.9. The van der Waals surface area contributed by atoms with Crippen molar-refractivity contribution in [3.63, 3.8) is 0 Å². The van der Waals surface area contributed by atoms with Crippen LogP contribution >= 0.6 is 11.8 Å². The molecule has 1 saturated heterocycles. The van der Waals surface area contributed by atoms with Crippen molar-refractivity contribution in [1.82, 2.24) is 4.57 Å². The molecular weight excluding hydrogens is 412 g/mol. The van der Waals surface area contributed by atoms with Gasteiger partial charge in [0.1, 0.15) is 0 Å². The van der Waals surface area contributed by atoms with E-state index in [0.717, 1.165) is 34.4 Å². The average Bonchev–Trinajstić information content (AvgIpc) is 3.18. The number of carbonyl (C=O) groups is 2. The number of hydrogen-bond acceptors (Lipinski definition) is 5. The molecule has 6 nitrogen and oxygen atoms in total. The molecule has 31 heavy (non-hydrogen) atoms. The Kier molecular flexibility index (Phi) is 6.70. The van der Waals surface area contributed by atoms with Crippen molar-refractivity contribution in [1.29, 1.82) is 0 Å². The van der Waals surface area contributed by atoms with Gasteiger partial charge >= 0.3 is 6.15 Å². The number of benzene rings is 2. The maximum absolute atomic E-state index is 12.9. The van der Waals surface area contributed by atoms with Crippen molar-refractivity contribution in [2.24, 2.45) is 0 Å². The number of para-hydroxylation sites is 2. The van der Waals surface area contributed by atoms with Crippen LogP contribution in [0.4, 0.5) is 10.5 Å². The first-order chi connectivity index (χ1) is 14.9. The van der Waals surface area contributed by atoms with E-state index in [-0.39, 0.29) is 17.3 Å². The summed E-state index contributed by atoms with van der Waals surface area (Å²) in [6, 6.07) is 19.3. The summed E-state index contributed by atoms with van der Waals surface area (Å²) in [7, 11) is 0. The number of hydrogen-bond donors (Lipinski definition) is 0. The third-order valence-corrected chi connectivity index (χ3v) is 5.79. The van der Waals surface area contributed by atoms with Gasteiger partial charge in [0.05, 0.1) is 10.6 Å². The lowest BCUT2D eigenvalue weighted by atomic mass is 10.2. The fourth-order valence-electron chi connectivity index (χ4n) is 3.53. The van der Waals surface area contributed by atoms with Crippen LogP contribution in [0, 0.1) is 20.8 Å². The van der Waals surface area contributed by atoms with Crippen molar-refractivity contribution in [2.75, 3.05) is 4.90 Å². The molecule has 156 valence electrons. The van der Waals surface area contributed by atoms with Gasteiger partial charge in [-0.2, -0.15) is 9.59 Å². The lowest BCUT2D eigenvalue weighted by molar-refractivity contribution is -0.191. The molecule has 2 aromatic carbocycles. The standard InChI is InChI=1S/C23H20N2O2S.CO2/c1-15-9-7-8-12-20(15)24-16(2)13-18(17(24)3)14-21-22(26)25(23(27)28-21)19-10-5-4-6-11-19;2-1-3/h4-14H,1-3H3;. The van der Waals surface area contributed by atoms with Gasteiger partial charge in [0.25, 0.3) is 11.1 Å². The molecule has 7 heteroatoms. The van der Waals surface area contributed by atoms with Crippen LogP contribution in [0.15, 0.2) is 65.6 Å². The van der Waals surface area contributed by atoms with Gasteiger partial charge in [0.2, 0.25) is 0 Å². The van der Waals surface area contributed by atoms with Crippen LogP contribution in [0.2, 0.25) is 0 Å². The Morgan fingerprint density at radius 2 is 1.52 bits per heavy atom. The first kappa shape index (κ1) is 22.0. The number of aromatic nitrogens is 1. The average molecular weight is 433 g/mol. The summed E-state index contributed by atoms with van der Waals surface area (Å²) in [5.74, 6) is -0.276. The number of nitrogens with zero attached hydrogens (tertiary/aromatic N) is 2. The molecular formula is C24H20N2O4S. The van der Waals surface area contributed by atoms with E-state index in [1.54, 1.807) is 12.1 Å². The number of aryl methyl sites for hydroxylation is 2. The fraction of sp³-hybridized carbons (Fsp3) is 0.125. The van der Waals surface area contributed by atoms with Crippen molar-refractivity contribution < 1.29 is 19.2 Å². The molecule has 1 aliphatic heterocycles. The van der Waals surface area contributed by atoms with Crippen LogP contribution in [-0.2, 0) is 14.4 Å². The lowest BCUT2D eigenvalue weighted by Gasteiger charge is -2.12. The summed E-state index contributed by atoms with van der Waals surface area (Å²) >= 11 is 0.984. The highest BCUT2D eigenvalue weighted by molar-refractivity contribution is 8.19. The summed E-state index contributed by atoms with van der Waals surface area (Å²) in [6.45, 7) is 6.16. The summed E-state index contributed by atoms with van der Waals surface area (Å²) in [4.78, 5) is 43.2. The predicted octanol–water partition coefficient (Wildman–Crippen LogP) is 5.06. The summed E-state index contributed by atoms with van der Waals surface area (Å²) in [6.07, 6.45) is 2.07. The van der Waals surface area contributed by atoms with Gasteiger partial charge in [0.15, 0.2) is 0 Å². The highest BCUT2D eigenvalue weighted by Gasteiger charge is 2.36. The first-order valence-electron chi connectivity index (χ1n) is 9.46. The first-order valence-corrected chi connectivity index (χ1v) is 10.3. The van der Waals surface area contributed by atoms with Crippen molar-refractivity contribution in [2.45, 2.75) is 20.8 Å². The van der Waals surface area contributed by atoms with Crippen LogP contribution in [0.25, 0.3) is 11.8 Å². The van der Waals surface area contributed by atoms with Gasteiger partial charge in [-0.05, 0) is 74.0 Å². The van der Waals surface area contributed by atoms with Gasteiger partial charge in [-0.1, -0.05) is 36.4 Å². The normalized spacial score (nSPS) is 14.4. The topological polar surface area (TPSA) is 76.5 Å². The van der Waals surface area contributed by atoms with Crippen LogP contribution < -0.4 is 4.90 Å². The summed E-state index contributed by atoms with van der Waals surface area (Å²) < 4.78 is 2.18. The largest absolute Gasteiger partial charge is 0.373 e.